The summed E-state index contributed by atoms with van der Waals surface area (Å²) in [5.74, 6) is -5.07. The fourth-order valence-electron chi connectivity index (χ4n) is 6.75. The maximum atomic E-state index is 13.4. The van der Waals surface area contributed by atoms with E-state index in [1.54, 1.807) is 94.4 Å². The third kappa shape index (κ3) is 7.95. The summed E-state index contributed by atoms with van der Waals surface area (Å²) in [4.78, 5) is 52.0. The van der Waals surface area contributed by atoms with Gasteiger partial charge in [0.15, 0.2) is 5.60 Å². The monoisotopic (exact) mass is 678 g/mol. The van der Waals surface area contributed by atoms with Crippen LogP contribution in [0.25, 0.3) is 0 Å². The van der Waals surface area contributed by atoms with Gasteiger partial charge >= 0.3 is 23.9 Å². The number of benzene rings is 2. The molecule has 2 aromatic carbocycles. The molecule has 0 bridgehead atoms. The minimum absolute atomic E-state index is 0.0393. The first-order chi connectivity index (χ1) is 22.9. The molecular formula is C38H46O11. The third-order valence-electron chi connectivity index (χ3n) is 9.53. The molecule has 0 aliphatic heterocycles. The van der Waals surface area contributed by atoms with Gasteiger partial charge in [-0.25, -0.2) is 9.59 Å². The molecule has 1 fully saturated rings. The van der Waals surface area contributed by atoms with E-state index in [9.17, 15) is 34.5 Å². The van der Waals surface area contributed by atoms with E-state index in [0.29, 0.717) is 5.57 Å². The first kappa shape index (κ1) is 37.5. The highest BCUT2D eigenvalue weighted by atomic mass is 16.6. The predicted octanol–water partition coefficient (Wildman–Crippen LogP) is 4.34. The highest BCUT2D eigenvalue weighted by molar-refractivity contribution is 5.90. The third-order valence-corrected chi connectivity index (χ3v) is 9.53. The molecular weight excluding hydrogens is 632 g/mol. The predicted molar refractivity (Wildman–Crippen MR) is 178 cm³/mol. The van der Waals surface area contributed by atoms with Crippen LogP contribution in [-0.2, 0) is 28.5 Å². The normalized spacial score (nSPS) is 34.4. The van der Waals surface area contributed by atoms with E-state index in [1.165, 1.54) is 26.0 Å². The summed E-state index contributed by atoms with van der Waals surface area (Å²) in [6.45, 7) is 10.4. The van der Waals surface area contributed by atoms with E-state index in [-0.39, 0.29) is 17.5 Å². The average molecular weight is 679 g/mol. The van der Waals surface area contributed by atoms with Crippen LogP contribution >= 0.6 is 0 Å². The second kappa shape index (κ2) is 14.7. The lowest BCUT2D eigenvalue weighted by atomic mass is 9.72. The smallest absolute Gasteiger partial charge is 0.338 e. The number of carbonyl (C=O) groups excluding carboxylic acids is 4. The van der Waals surface area contributed by atoms with E-state index in [2.05, 4.69) is 0 Å². The van der Waals surface area contributed by atoms with E-state index in [1.807, 2.05) is 0 Å². The summed E-state index contributed by atoms with van der Waals surface area (Å²) < 4.78 is 23.7. The van der Waals surface area contributed by atoms with E-state index in [0.717, 1.165) is 6.92 Å². The molecule has 1 saturated carbocycles. The lowest BCUT2D eigenvalue weighted by Crippen LogP contribution is -2.64. The number of rotatable bonds is 6. The Hall–Kier alpha value is -4.32. The highest BCUT2D eigenvalue weighted by Crippen LogP contribution is 2.51. The van der Waals surface area contributed by atoms with Crippen molar-refractivity contribution < 1.29 is 53.4 Å². The maximum absolute atomic E-state index is 13.4. The fourth-order valence-corrected chi connectivity index (χ4v) is 6.75. The van der Waals surface area contributed by atoms with Crippen LogP contribution in [0.4, 0.5) is 0 Å². The van der Waals surface area contributed by atoms with Gasteiger partial charge in [-0.1, -0.05) is 75.4 Å². The molecule has 4 rings (SSSR count). The van der Waals surface area contributed by atoms with Crippen LogP contribution < -0.4 is 0 Å². The molecule has 11 nitrogen and oxygen atoms in total. The highest BCUT2D eigenvalue weighted by Gasteiger charge is 2.68. The summed E-state index contributed by atoms with van der Waals surface area (Å²) in [5, 5.41) is 35.8. The van der Waals surface area contributed by atoms with Gasteiger partial charge in [-0.05, 0) is 43.7 Å². The molecule has 9 atom stereocenters. The van der Waals surface area contributed by atoms with Crippen molar-refractivity contribution in [3.8, 4) is 0 Å². The van der Waals surface area contributed by atoms with Gasteiger partial charge in [0, 0.05) is 31.6 Å². The van der Waals surface area contributed by atoms with Crippen molar-refractivity contribution in [1.82, 2.24) is 0 Å². The van der Waals surface area contributed by atoms with E-state index < -0.39 is 82.8 Å². The Bertz CT molecular complexity index is 1580. The van der Waals surface area contributed by atoms with Gasteiger partial charge in [0.2, 0.25) is 0 Å². The Morgan fingerprint density at radius 2 is 1.31 bits per heavy atom. The maximum Gasteiger partial charge on any atom is 0.338 e. The van der Waals surface area contributed by atoms with Crippen molar-refractivity contribution in [3.05, 3.63) is 95.6 Å². The molecule has 2 aliphatic rings. The SMILES string of the molecule is CC(=O)O[C@H]1C[C@@H](OC(=O)c2ccccc2)/C(C)=C\[C@H]2[C@@H](OC(=O)c3ccccc3)[C@@H](C)[C@H](O)[C@]2(OC(C)=O)[C@H](O)[C@@](C)(O)/C=C/C1(C)C. The molecule has 0 aromatic heterocycles. The van der Waals surface area contributed by atoms with Gasteiger partial charge in [-0.2, -0.15) is 0 Å². The molecule has 0 saturated heterocycles. The van der Waals surface area contributed by atoms with Gasteiger partial charge in [-0.15, -0.1) is 0 Å². The number of hydrogen-bond acceptors (Lipinski definition) is 11. The molecule has 0 unspecified atom stereocenters. The number of hydrogen-bond donors (Lipinski definition) is 3. The summed E-state index contributed by atoms with van der Waals surface area (Å²) in [6, 6.07) is 16.5. The fraction of sp³-hybridized carbons (Fsp3) is 0.474. The van der Waals surface area contributed by atoms with Crippen molar-refractivity contribution in [1.29, 1.82) is 0 Å². The largest absolute Gasteiger partial charge is 0.461 e. The van der Waals surface area contributed by atoms with Gasteiger partial charge in [0.1, 0.15) is 36.1 Å². The Morgan fingerprint density at radius 1 is 0.776 bits per heavy atom. The molecule has 11 heteroatoms. The van der Waals surface area contributed by atoms with Crippen molar-refractivity contribution in [2.45, 2.75) is 96.6 Å². The molecule has 3 N–H and O–H groups in total. The van der Waals surface area contributed by atoms with E-state index >= 15 is 0 Å². The van der Waals surface area contributed by atoms with Crippen LogP contribution in [0.1, 0.15) is 75.6 Å². The van der Waals surface area contributed by atoms with Crippen LogP contribution in [0.15, 0.2) is 84.5 Å². The minimum atomic E-state index is -2.26. The minimum Gasteiger partial charge on any atom is -0.461 e. The number of esters is 4. The zero-order chi connectivity index (χ0) is 36.3. The first-order valence-corrected chi connectivity index (χ1v) is 16.3. The second-order valence-corrected chi connectivity index (χ2v) is 13.8. The molecule has 0 heterocycles. The number of carbonyl (C=O) groups is 4. The molecule has 2 aliphatic carbocycles. The summed E-state index contributed by atoms with van der Waals surface area (Å²) in [6.07, 6.45) is -2.47. The van der Waals surface area contributed by atoms with Crippen LogP contribution in [0, 0.1) is 17.3 Å². The summed E-state index contributed by atoms with van der Waals surface area (Å²) in [5.41, 5.74) is -4.56. The second-order valence-electron chi connectivity index (χ2n) is 13.8. The van der Waals surface area contributed by atoms with Gasteiger partial charge in [0.25, 0.3) is 0 Å². The lowest BCUT2D eigenvalue weighted by Gasteiger charge is -2.46. The van der Waals surface area contributed by atoms with E-state index in [4.69, 9.17) is 18.9 Å². The van der Waals surface area contributed by atoms with Crippen molar-refractivity contribution >= 4 is 23.9 Å². The Balaban J connectivity index is 1.96. The first-order valence-electron chi connectivity index (χ1n) is 16.3. The Kier molecular flexibility index (Phi) is 11.2. The van der Waals surface area contributed by atoms with Gasteiger partial charge in [-0.3, -0.25) is 9.59 Å². The zero-order valence-corrected chi connectivity index (χ0v) is 28.9. The van der Waals surface area contributed by atoms with Crippen LogP contribution in [0.5, 0.6) is 0 Å². The Labute approximate surface area is 286 Å². The van der Waals surface area contributed by atoms with Crippen molar-refractivity contribution in [3.63, 3.8) is 0 Å². The summed E-state index contributed by atoms with van der Waals surface area (Å²) in [7, 11) is 0. The standard InChI is InChI=1S/C38H46O11/c1-22-20-28-31(48-34(43)27-16-12-9-13-17-27)23(2)32(41)38(28,49-25(4)40)35(44)37(7,45)19-18-36(5,6)30(46-24(3)39)21-29(22)47-33(42)26-14-10-8-11-15-26/h8-20,23,28-32,35,41,44-45H,21H2,1-7H3/b19-18+,22-20-/t23-,28+,29-,30+,31+,32+,35-,37+,38+/m1/s1. The van der Waals surface area contributed by atoms with Crippen LogP contribution in [-0.4, -0.2) is 80.9 Å². The van der Waals surface area contributed by atoms with Gasteiger partial charge < -0.3 is 34.3 Å². The molecule has 0 amide bonds. The zero-order valence-electron chi connectivity index (χ0n) is 28.9. The Morgan fingerprint density at radius 3 is 1.82 bits per heavy atom. The average Bonchev–Trinajstić information content (AvgIpc) is 3.23. The number of fused-ring (bicyclic) bond motifs is 1. The number of ether oxygens (including phenoxy) is 4. The molecule has 0 spiro atoms. The van der Waals surface area contributed by atoms with Crippen molar-refractivity contribution in [2.75, 3.05) is 0 Å². The topological polar surface area (TPSA) is 166 Å². The quantitative estimate of drug-likeness (QED) is 0.226. The number of aliphatic hydroxyl groups excluding tert-OH is 2. The lowest BCUT2D eigenvalue weighted by molar-refractivity contribution is -0.222. The van der Waals surface area contributed by atoms with Crippen LogP contribution in [0.2, 0.25) is 0 Å². The van der Waals surface area contributed by atoms with Crippen molar-refractivity contribution in [2.24, 2.45) is 17.3 Å². The molecule has 264 valence electrons. The summed E-state index contributed by atoms with van der Waals surface area (Å²) >= 11 is 0. The molecule has 49 heavy (non-hydrogen) atoms. The van der Waals surface area contributed by atoms with Crippen LogP contribution in [0.3, 0.4) is 0 Å². The molecule has 0 radical (unpaired) electrons. The number of aliphatic hydroxyl groups is 3. The van der Waals surface area contributed by atoms with Gasteiger partial charge in [0.05, 0.1) is 17.0 Å². The molecule has 2 aromatic rings.